The summed E-state index contributed by atoms with van der Waals surface area (Å²) in [4.78, 5) is 12.2. The van der Waals surface area contributed by atoms with E-state index >= 15 is 0 Å². The second kappa shape index (κ2) is 13.6. The number of nitrogens with one attached hydrogen (secondary N) is 2. The second-order valence-electron chi connectivity index (χ2n) is 9.15. The van der Waals surface area contributed by atoms with Gasteiger partial charge in [-0.05, 0) is 44.5 Å². The highest BCUT2D eigenvalue weighted by molar-refractivity contribution is 14.0. The van der Waals surface area contributed by atoms with Crippen molar-refractivity contribution in [3.63, 3.8) is 0 Å². The highest BCUT2D eigenvalue weighted by atomic mass is 127. The molecule has 2 heterocycles. The highest BCUT2D eigenvalue weighted by Gasteiger charge is 2.26. The van der Waals surface area contributed by atoms with E-state index in [0.717, 1.165) is 45.2 Å². The van der Waals surface area contributed by atoms with Gasteiger partial charge >= 0.3 is 0 Å². The average molecular weight is 543 g/mol. The van der Waals surface area contributed by atoms with E-state index in [1.807, 2.05) is 7.05 Å². The molecule has 2 atom stereocenters. The molecule has 6 nitrogen and oxygen atoms in total. The smallest absolute Gasteiger partial charge is 0.191 e. The molecule has 0 aliphatic carbocycles. The van der Waals surface area contributed by atoms with Gasteiger partial charge in [0.15, 0.2) is 5.96 Å². The Labute approximate surface area is 206 Å². The van der Waals surface area contributed by atoms with Gasteiger partial charge in [0.1, 0.15) is 0 Å². The average Bonchev–Trinajstić information content (AvgIpc) is 3.29. The third kappa shape index (κ3) is 7.87. The molecule has 2 unspecified atom stereocenters. The zero-order valence-electron chi connectivity index (χ0n) is 19.9. The summed E-state index contributed by atoms with van der Waals surface area (Å²) in [7, 11) is 4.10. The molecule has 0 bridgehead atoms. The molecule has 1 aromatic carbocycles. The summed E-state index contributed by atoms with van der Waals surface area (Å²) in [5.41, 5.74) is 1.39. The van der Waals surface area contributed by atoms with E-state index in [4.69, 9.17) is 0 Å². The van der Waals surface area contributed by atoms with E-state index in [-0.39, 0.29) is 24.0 Å². The first-order valence-corrected chi connectivity index (χ1v) is 11.7. The van der Waals surface area contributed by atoms with Gasteiger partial charge in [0.05, 0.1) is 6.04 Å². The molecule has 2 aliphatic rings. The second-order valence-corrected chi connectivity index (χ2v) is 9.15. The molecule has 0 saturated carbocycles. The Balaban J connectivity index is 0.00000341. The summed E-state index contributed by atoms with van der Waals surface area (Å²) < 4.78 is 0. The molecule has 31 heavy (non-hydrogen) atoms. The monoisotopic (exact) mass is 542 g/mol. The van der Waals surface area contributed by atoms with Crippen molar-refractivity contribution in [2.45, 2.75) is 38.8 Å². The van der Waals surface area contributed by atoms with Crippen LogP contribution in [0.3, 0.4) is 0 Å². The maximum absolute atomic E-state index is 4.52. The van der Waals surface area contributed by atoms with Crippen LogP contribution in [0.15, 0.2) is 35.3 Å². The lowest BCUT2D eigenvalue weighted by Crippen LogP contribution is -2.55. The SMILES string of the molecule is CN=C(NCC(c1ccccc1)N1CCCC1)NCC(C(C)C)N1CCN(C)CC1.I. The molecular formula is C24H43IN6. The van der Waals surface area contributed by atoms with Crippen molar-refractivity contribution in [3.8, 4) is 0 Å². The number of aliphatic imine (C=N–C) groups is 1. The minimum atomic E-state index is 0. The molecule has 3 rings (SSSR count). The summed E-state index contributed by atoms with van der Waals surface area (Å²) in [5, 5.41) is 7.24. The molecule has 2 aliphatic heterocycles. The summed E-state index contributed by atoms with van der Waals surface area (Å²) in [6.07, 6.45) is 2.61. The first-order valence-electron chi connectivity index (χ1n) is 11.7. The number of likely N-dealkylation sites (N-methyl/N-ethyl adjacent to an activating group) is 1. The van der Waals surface area contributed by atoms with Gasteiger partial charge in [-0.25, -0.2) is 0 Å². The summed E-state index contributed by atoms with van der Waals surface area (Å²) >= 11 is 0. The predicted molar refractivity (Wildman–Crippen MR) is 142 cm³/mol. The van der Waals surface area contributed by atoms with E-state index in [0.29, 0.717) is 18.0 Å². The maximum atomic E-state index is 4.52. The van der Waals surface area contributed by atoms with Crippen molar-refractivity contribution >= 4 is 29.9 Å². The largest absolute Gasteiger partial charge is 0.355 e. The van der Waals surface area contributed by atoms with Crippen molar-refractivity contribution in [3.05, 3.63) is 35.9 Å². The number of hydrogen-bond donors (Lipinski definition) is 2. The highest BCUT2D eigenvalue weighted by Crippen LogP contribution is 2.24. The number of rotatable bonds is 8. The fourth-order valence-corrected chi connectivity index (χ4v) is 4.74. The molecular weight excluding hydrogens is 499 g/mol. The van der Waals surface area contributed by atoms with E-state index in [2.05, 4.69) is 81.6 Å². The third-order valence-electron chi connectivity index (χ3n) is 6.71. The first-order chi connectivity index (χ1) is 14.6. The van der Waals surface area contributed by atoms with Crippen molar-refractivity contribution in [2.24, 2.45) is 10.9 Å². The van der Waals surface area contributed by atoms with Crippen LogP contribution in [0.2, 0.25) is 0 Å². The molecule has 2 fully saturated rings. The van der Waals surface area contributed by atoms with Crippen LogP contribution in [0.25, 0.3) is 0 Å². The summed E-state index contributed by atoms with van der Waals surface area (Å²) in [6.45, 7) is 13.5. The van der Waals surface area contributed by atoms with E-state index in [1.54, 1.807) is 0 Å². The third-order valence-corrected chi connectivity index (χ3v) is 6.71. The first kappa shape index (κ1) is 26.4. The van der Waals surface area contributed by atoms with Gasteiger partial charge < -0.3 is 15.5 Å². The van der Waals surface area contributed by atoms with Crippen molar-refractivity contribution in [2.75, 3.05) is 66.5 Å². The number of guanidine groups is 1. The van der Waals surface area contributed by atoms with Crippen LogP contribution in [-0.2, 0) is 0 Å². The molecule has 176 valence electrons. The molecule has 2 N–H and O–H groups in total. The Morgan fingerprint density at radius 3 is 2.10 bits per heavy atom. The van der Waals surface area contributed by atoms with E-state index in [9.17, 15) is 0 Å². The molecule has 0 amide bonds. The van der Waals surface area contributed by atoms with Gasteiger partial charge in [-0.15, -0.1) is 24.0 Å². The molecule has 7 heteroatoms. The number of hydrogen-bond acceptors (Lipinski definition) is 4. The molecule has 0 spiro atoms. The Hall–Kier alpha value is -0.900. The Kier molecular flexibility index (Phi) is 11.6. The zero-order valence-corrected chi connectivity index (χ0v) is 22.2. The Morgan fingerprint density at radius 1 is 0.903 bits per heavy atom. The minimum Gasteiger partial charge on any atom is -0.355 e. The van der Waals surface area contributed by atoms with Crippen molar-refractivity contribution in [1.29, 1.82) is 0 Å². The number of likely N-dealkylation sites (tertiary alicyclic amines) is 1. The quantitative estimate of drug-likeness (QED) is 0.301. The van der Waals surface area contributed by atoms with E-state index < -0.39 is 0 Å². The van der Waals surface area contributed by atoms with Crippen LogP contribution >= 0.6 is 24.0 Å². The van der Waals surface area contributed by atoms with Crippen molar-refractivity contribution in [1.82, 2.24) is 25.3 Å². The normalized spacial score (nSPS) is 21.0. The Bertz CT molecular complexity index is 639. The zero-order chi connectivity index (χ0) is 21.3. The number of halogens is 1. The molecule has 0 aromatic heterocycles. The summed E-state index contributed by atoms with van der Waals surface area (Å²) in [5.74, 6) is 1.52. The van der Waals surface area contributed by atoms with Crippen LogP contribution in [0.4, 0.5) is 0 Å². The van der Waals surface area contributed by atoms with Crippen LogP contribution < -0.4 is 10.6 Å². The van der Waals surface area contributed by atoms with Crippen LogP contribution in [0, 0.1) is 5.92 Å². The fourth-order valence-electron chi connectivity index (χ4n) is 4.74. The maximum Gasteiger partial charge on any atom is 0.191 e. The van der Waals surface area contributed by atoms with Gasteiger partial charge in [-0.1, -0.05) is 44.2 Å². The van der Waals surface area contributed by atoms with Gasteiger partial charge in [0.25, 0.3) is 0 Å². The fraction of sp³-hybridized carbons (Fsp3) is 0.708. The van der Waals surface area contributed by atoms with Gasteiger partial charge in [0, 0.05) is 52.4 Å². The Morgan fingerprint density at radius 2 is 1.52 bits per heavy atom. The van der Waals surface area contributed by atoms with Crippen LogP contribution in [0.1, 0.15) is 38.3 Å². The molecule has 2 saturated heterocycles. The number of nitrogens with zero attached hydrogens (tertiary/aromatic N) is 4. The minimum absolute atomic E-state index is 0. The standard InChI is InChI=1S/C24H42N6.HI/c1-20(2)22(30-16-14-28(4)15-17-30)18-26-24(25-3)27-19-23(29-12-8-9-13-29)21-10-6-5-7-11-21;/h5-7,10-11,20,22-23H,8-9,12-19H2,1-4H3,(H2,25,26,27);1H. The molecule has 1 aromatic rings. The van der Waals surface area contributed by atoms with E-state index in [1.165, 1.54) is 31.5 Å². The van der Waals surface area contributed by atoms with Gasteiger partial charge in [-0.3, -0.25) is 14.8 Å². The number of benzene rings is 1. The number of piperazine rings is 1. The lowest BCUT2D eigenvalue weighted by atomic mass is 10.0. The topological polar surface area (TPSA) is 46.1 Å². The van der Waals surface area contributed by atoms with Crippen LogP contribution in [0.5, 0.6) is 0 Å². The van der Waals surface area contributed by atoms with Gasteiger partial charge in [-0.2, -0.15) is 0 Å². The molecule has 0 radical (unpaired) electrons. The summed E-state index contributed by atoms with van der Waals surface area (Å²) in [6, 6.07) is 11.8. The lowest BCUT2D eigenvalue weighted by molar-refractivity contribution is 0.0899. The van der Waals surface area contributed by atoms with Gasteiger partial charge in [0.2, 0.25) is 0 Å². The van der Waals surface area contributed by atoms with Crippen molar-refractivity contribution < 1.29 is 0 Å². The van der Waals surface area contributed by atoms with Crippen LogP contribution in [-0.4, -0.2) is 93.2 Å². The lowest BCUT2D eigenvalue weighted by Gasteiger charge is -2.40. The predicted octanol–water partition coefficient (Wildman–Crippen LogP) is 2.88.